The fourth-order valence-electron chi connectivity index (χ4n) is 1.99. The van der Waals surface area contributed by atoms with Gasteiger partial charge in [0.1, 0.15) is 0 Å². The van der Waals surface area contributed by atoms with Gasteiger partial charge in [-0.3, -0.25) is 9.78 Å². The number of rotatable bonds is 2. The first-order valence-corrected chi connectivity index (χ1v) is 5.68. The summed E-state index contributed by atoms with van der Waals surface area (Å²) in [6, 6.07) is 3.41. The molecule has 0 bridgehead atoms. The van der Waals surface area contributed by atoms with Crippen LogP contribution in [0.2, 0.25) is 0 Å². The monoisotopic (exact) mass is 235 g/mol. The molecule has 1 saturated heterocycles. The molecule has 5 nitrogen and oxygen atoms in total. The van der Waals surface area contributed by atoms with Crippen molar-refractivity contribution in [2.75, 3.05) is 20.1 Å². The molecule has 1 aliphatic rings. The van der Waals surface area contributed by atoms with E-state index in [0.29, 0.717) is 18.7 Å². The van der Waals surface area contributed by atoms with E-state index in [1.807, 2.05) is 13.0 Å². The lowest BCUT2D eigenvalue weighted by Crippen LogP contribution is -2.44. The molecular weight excluding hydrogens is 218 g/mol. The molecule has 1 amide bonds. The highest BCUT2D eigenvalue weighted by Crippen LogP contribution is 2.11. The van der Waals surface area contributed by atoms with E-state index in [-0.39, 0.29) is 11.9 Å². The molecule has 0 spiro atoms. The Kier molecular flexibility index (Phi) is 3.40. The zero-order chi connectivity index (χ0) is 12.4. The summed E-state index contributed by atoms with van der Waals surface area (Å²) in [4.78, 5) is 17.8. The number of aliphatic hydroxyl groups is 1. The molecule has 1 aliphatic heterocycles. The second-order valence-corrected chi connectivity index (χ2v) is 4.40. The van der Waals surface area contributed by atoms with Crippen molar-refractivity contribution in [2.45, 2.75) is 19.1 Å². The van der Waals surface area contributed by atoms with E-state index < -0.39 is 6.10 Å². The molecule has 0 radical (unpaired) electrons. The van der Waals surface area contributed by atoms with E-state index >= 15 is 0 Å². The van der Waals surface area contributed by atoms with Crippen molar-refractivity contribution in [3.05, 3.63) is 29.6 Å². The van der Waals surface area contributed by atoms with Crippen molar-refractivity contribution < 1.29 is 9.90 Å². The standard InChI is InChI=1S/C12H17N3O2/c1-8-3-4-9(5-14-8)12(17)15(2)10-6-13-7-11(10)16/h3-5,10-11,13,16H,6-7H2,1-2H3/t10-,11-/m0/s1. The van der Waals surface area contributed by atoms with Crippen LogP contribution in [0.4, 0.5) is 0 Å². The number of hydrogen-bond acceptors (Lipinski definition) is 4. The third-order valence-corrected chi connectivity index (χ3v) is 3.13. The fourth-order valence-corrected chi connectivity index (χ4v) is 1.99. The Hall–Kier alpha value is -1.46. The molecule has 5 heteroatoms. The van der Waals surface area contributed by atoms with E-state index in [0.717, 1.165) is 5.69 Å². The van der Waals surface area contributed by atoms with Crippen molar-refractivity contribution >= 4 is 5.91 Å². The van der Waals surface area contributed by atoms with Crippen LogP contribution in [0.25, 0.3) is 0 Å². The zero-order valence-electron chi connectivity index (χ0n) is 10.1. The third kappa shape index (κ3) is 2.45. The summed E-state index contributed by atoms with van der Waals surface area (Å²) in [5.74, 6) is -0.106. The van der Waals surface area contributed by atoms with Crippen LogP contribution in [0.3, 0.4) is 0 Å². The zero-order valence-corrected chi connectivity index (χ0v) is 10.1. The van der Waals surface area contributed by atoms with Crippen LogP contribution in [-0.4, -0.2) is 53.2 Å². The van der Waals surface area contributed by atoms with Gasteiger partial charge < -0.3 is 15.3 Å². The molecule has 2 heterocycles. The van der Waals surface area contributed by atoms with Crippen molar-refractivity contribution in [2.24, 2.45) is 0 Å². The van der Waals surface area contributed by atoms with Crippen LogP contribution in [0, 0.1) is 6.92 Å². The molecule has 1 aromatic rings. The lowest BCUT2D eigenvalue weighted by molar-refractivity contribution is 0.0581. The number of aryl methyl sites for hydroxylation is 1. The fraction of sp³-hybridized carbons (Fsp3) is 0.500. The number of aromatic nitrogens is 1. The molecule has 1 aromatic heterocycles. The summed E-state index contributed by atoms with van der Waals surface area (Å²) in [5, 5.41) is 12.8. The van der Waals surface area contributed by atoms with Crippen LogP contribution in [-0.2, 0) is 0 Å². The predicted octanol–water partition coefficient (Wildman–Crippen LogP) is -0.205. The van der Waals surface area contributed by atoms with E-state index in [2.05, 4.69) is 10.3 Å². The minimum absolute atomic E-state index is 0.106. The average molecular weight is 235 g/mol. The lowest BCUT2D eigenvalue weighted by atomic mass is 10.1. The molecule has 17 heavy (non-hydrogen) atoms. The summed E-state index contributed by atoms with van der Waals surface area (Å²) in [7, 11) is 1.71. The van der Waals surface area contributed by atoms with Gasteiger partial charge in [0.05, 0.1) is 17.7 Å². The summed E-state index contributed by atoms with van der Waals surface area (Å²) in [6.07, 6.45) is 1.07. The summed E-state index contributed by atoms with van der Waals surface area (Å²) >= 11 is 0. The minimum atomic E-state index is -0.498. The Balaban J connectivity index is 2.11. The van der Waals surface area contributed by atoms with Crippen molar-refractivity contribution in [3.63, 3.8) is 0 Å². The highest BCUT2D eigenvalue weighted by molar-refractivity contribution is 5.94. The van der Waals surface area contributed by atoms with Crippen LogP contribution in [0.15, 0.2) is 18.3 Å². The van der Waals surface area contributed by atoms with Crippen LogP contribution in [0.5, 0.6) is 0 Å². The molecular formula is C12H17N3O2. The van der Waals surface area contributed by atoms with Gasteiger partial charge in [0.15, 0.2) is 0 Å². The highest BCUT2D eigenvalue weighted by Gasteiger charge is 2.31. The van der Waals surface area contributed by atoms with Crippen LogP contribution >= 0.6 is 0 Å². The van der Waals surface area contributed by atoms with Gasteiger partial charge in [-0.1, -0.05) is 0 Å². The van der Waals surface area contributed by atoms with Gasteiger partial charge in [0, 0.05) is 32.0 Å². The Morgan fingerprint density at radius 2 is 2.29 bits per heavy atom. The van der Waals surface area contributed by atoms with Gasteiger partial charge in [0.25, 0.3) is 5.91 Å². The van der Waals surface area contributed by atoms with Gasteiger partial charge in [-0.2, -0.15) is 0 Å². The molecule has 92 valence electrons. The number of aliphatic hydroxyl groups excluding tert-OH is 1. The second-order valence-electron chi connectivity index (χ2n) is 4.40. The lowest BCUT2D eigenvalue weighted by Gasteiger charge is -2.26. The summed E-state index contributed by atoms with van der Waals surface area (Å²) in [6.45, 7) is 3.04. The number of amides is 1. The Bertz CT molecular complexity index is 405. The average Bonchev–Trinajstić information content (AvgIpc) is 2.74. The van der Waals surface area contributed by atoms with Gasteiger partial charge >= 0.3 is 0 Å². The number of hydrogen-bond donors (Lipinski definition) is 2. The Morgan fingerprint density at radius 3 is 2.82 bits per heavy atom. The largest absolute Gasteiger partial charge is 0.390 e. The molecule has 1 fully saturated rings. The second kappa shape index (κ2) is 4.81. The van der Waals surface area contributed by atoms with E-state index in [9.17, 15) is 9.90 Å². The van der Waals surface area contributed by atoms with Crippen molar-refractivity contribution in [1.29, 1.82) is 0 Å². The highest BCUT2D eigenvalue weighted by atomic mass is 16.3. The molecule has 2 rings (SSSR count). The molecule has 2 atom stereocenters. The topological polar surface area (TPSA) is 65.5 Å². The maximum atomic E-state index is 12.1. The van der Waals surface area contributed by atoms with Crippen LogP contribution < -0.4 is 5.32 Å². The van der Waals surface area contributed by atoms with E-state index in [4.69, 9.17) is 0 Å². The normalized spacial score (nSPS) is 23.7. The number of pyridine rings is 1. The number of nitrogens with zero attached hydrogens (tertiary/aromatic N) is 2. The molecule has 0 unspecified atom stereocenters. The number of carbonyl (C=O) groups is 1. The first-order chi connectivity index (χ1) is 8.09. The first-order valence-electron chi connectivity index (χ1n) is 5.68. The number of likely N-dealkylation sites (N-methyl/N-ethyl adjacent to an activating group) is 1. The van der Waals surface area contributed by atoms with Gasteiger partial charge in [0.2, 0.25) is 0 Å². The predicted molar refractivity (Wildman–Crippen MR) is 63.7 cm³/mol. The van der Waals surface area contributed by atoms with Gasteiger partial charge in [-0.25, -0.2) is 0 Å². The first kappa shape index (κ1) is 12.0. The maximum absolute atomic E-state index is 12.1. The number of carbonyl (C=O) groups excluding carboxylic acids is 1. The molecule has 2 N–H and O–H groups in total. The van der Waals surface area contributed by atoms with E-state index in [1.165, 1.54) is 0 Å². The Morgan fingerprint density at radius 1 is 1.53 bits per heavy atom. The smallest absolute Gasteiger partial charge is 0.255 e. The van der Waals surface area contributed by atoms with Crippen molar-refractivity contribution in [1.82, 2.24) is 15.2 Å². The van der Waals surface area contributed by atoms with E-state index in [1.54, 1.807) is 24.2 Å². The third-order valence-electron chi connectivity index (χ3n) is 3.13. The van der Waals surface area contributed by atoms with Gasteiger partial charge in [-0.05, 0) is 19.1 Å². The SMILES string of the molecule is Cc1ccc(C(=O)N(C)[C@H]2CNC[C@@H]2O)cn1. The molecule has 0 saturated carbocycles. The molecule has 0 aliphatic carbocycles. The minimum Gasteiger partial charge on any atom is -0.390 e. The summed E-state index contributed by atoms with van der Waals surface area (Å²) in [5.41, 5.74) is 1.43. The molecule has 0 aromatic carbocycles. The Labute approximate surface area is 100 Å². The number of β-amino-alcohol motifs (C(OH)–C–C–N with tert-alkyl or cyclic N) is 1. The number of nitrogens with one attached hydrogen (secondary N) is 1. The van der Waals surface area contributed by atoms with Crippen molar-refractivity contribution in [3.8, 4) is 0 Å². The van der Waals surface area contributed by atoms with Gasteiger partial charge in [-0.15, -0.1) is 0 Å². The summed E-state index contributed by atoms with van der Waals surface area (Å²) < 4.78 is 0. The van der Waals surface area contributed by atoms with Crippen LogP contribution in [0.1, 0.15) is 16.1 Å². The maximum Gasteiger partial charge on any atom is 0.255 e. The quantitative estimate of drug-likeness (QED) is 0.745.